The van der Waals surface area contributed by atoms with Crippen molar-refractivity contribution in [2.24, 2.45) is 0 Å². The van der Waals surface area contributed by atoms with E-state index in [1.165, 1.54) is 20.1 Å². The van der Waals surface area contributed by atoms with Gasteiger partial charge in [0, 0.05) is 38.8 Å². The van der Waals surface area contributed by atoms with Gasteiger partial charge in [-0.05, 0) is 37.6 Å². The smallest absolute Gasteiger partial charge is 0.306 e. The summed E-state index contributed by atoms with van der Waals surface area (Å²) in [7, 11) is 1.25. The maximum absolute atomic E-state index is 12.5. The Morgan fingerprint density at radius 3 is 2.60 bits per heavy atom. The number of esters is 1. The number of phenolic OH excluding ortho intramolecular Hbond substituents is 2. The van der Waals surface area contributed by atoms with Gasteiger partial charge in [-0.25, -0.2) is 0 Å². The van der Waals surface area contributed by atoms with Crippen molar-refractivity contribution >= 4 is 27.7 Å². The first-order chi connectivity index (χ1) is 16.6. The third-order valence-electron chi connectivity index (χ3n) is 6.22. The van der Waals surface area contributed by atoms with Gasteiger partial charge in [-0.15, -0.1) is 0 Å². The highest BCUT2D eigenvalue weighted by molar-refractivity contribution is 9.10. The van der Waals surface area contributed by atoms with Crippen molar-refractivity contribution in [3.63, 3.8) is 0 Å². The van der Waals surface area contributed by atoms with Gasteiger partial charge in [-0.3, -0.25) is 14.6 Å². The first-order valence-electron chi connectivity index (χ1n) is 10.8. The van der Waals surface area contributed by atoms with Crippen LogP contribution in [0, 0.1) is 6.92 Å². The predicted octanol–water partition coefficient (Wildman–Crippen LogP) is 4.79. The van der Waals surface area contributed by atoms with E-state index in [2.05, 4.69) is 20.9 Å². The second-order valence-corrected chi connectivity index (χ2v) is 9.31. The number of aromatic nitrogens is 1. The van der Waals surface area contributed by atoms with Crippen LogP contribution in [0.4, 0.5) is 0 Å². The van der Waals surface area contributed by atoms with Crippen LogP contribution in [0.2, 0.25) is 0 Å². The fourth-order valence-electron chi connectivity index (χ4n) is 4.42. The second-order valence-electron chi connectivity index (χ2n) is 8.39. The molecule has 1 aliphatic rings. The van der Waals surface area contributed by atoms with E-state index in [0.717, 1.165) is 4.47 Å². The molecule has 2 atom stereocenters. The highest BCUT2D eigenvalue weighted by Crippen LogP contribution is 2.50. The lowest BCUT2D eigenvalue weighted by atomic mass is 9.83. The number of rotatable bonds is 6. The Bertz CT molecular complexity index is 1340. The number of methoxy groups -OCH3 is 1. The Hall–Kier alpha value is -3.43. The second kappa shape index (κ2) is 9.67. The number of benzene rings is 2. The molecule has 1 aromatic heterocycles. The Morgan fingerprint density at radius 2 is 1.94 bits per heavy atom. The largest absolute Gasteiger partial charge is 0.507 e. The van der Waals surface area contributed by atoms with Gasteiger partial charge in [-0.1, -0.05) is 28.1 Å². The molecular formula is C26H24BrNO7. The molecule has 1 aliphatic heterocycles. The van der Waals surface area contributed by atoms with Crippen molar-refractivity contribution < 1.29 is 34.4 Å². The van der Waals surface area contributed by atoms with Crippen LogP contribution in [0.25, 0.3) is 0 Å². The maximum atomic E-state index is 12.5. The number of Topliss-reactive ketones (excluding diaryl/α,β-unsaturated/α-hetero) is 1. The minimum Gasteiger partial charge on any atom is -0.507 e. The number of carbonyl (C=O) groups excluding carboxylic acids is 2. The third kappa shape index (κ3) is 4.49. The maximum Gasteiger partial charge on any atom is 0.306 e. The van der Waals surface area contributed by atoms with Crippen LogP contribution in [0.1, 0.15) is 69.2 Å². The lowest BCUT2D eigenvalue weighted by Gasteiger charge is -2.24. The highest BCUT2D eigenvalue weighted by atomic mass is 79.9. The lowest BCUT2D eigenvalue weighted by Crippen LogP contribution is -2.13. The van der Waals surface area contributed by atoms with E-state index in [-0.39, 0.29) is 41.2 Å². The summed E-state index contributed by atoms with van der Waals surface area (Å²) >= 11 is 3.41. The van der Waals surface area contributed by atoms with Crippen LogP contribution in [-0.2, 0) is 20.9 Å². The van der Waals surface area contributed by atoms with Gasteiger partial charge >= 0.3 is 5.97 Å². The van der Waals surface area contributed by atoms with E-state index >= 15 is 0 Å². The number of halogens is 1. The average Bonchev–Trinajstić information content (AvgIpc) is 3.25. The molecule has 0 unspecified atom stereocenters. The summed E-state index contributed by atoms with van der Waals surface area (Å²) in [5, 5.41) is 33.3. The van der Waals surface area contributed by atoms with E-state index in [1.807, 2.05) is 0 Å². The Morgan fingerprint density at radius 1 is 1.20 bits per heavy atom. The molecule has 182 valence electrons. The van der Waals surface area contributed by atoms with E-state index in [4.69, 9.17) is 9.47 Å². The van der Waals surface area contributed by atoms with Gasteiger partial charge in [0.2, 0.25) is 0 Å². The zero-order valence-corrected chi connectivity index (χ0v) is 20.9. The molecule has 8 nitrogen and oxygen atoms in total. The molecule has 0 amide bonds. The molecule has 0 bridgehead atoms. The molecule has 35 heavy (non-hydrogen) atoms. The SMILES string of the molecule is COC(=O)C[C@@H](c1cccc(Br)c1)c1c(O)c(C(C)=O)cc([C@H]2OCc3cnc(C)c(O)c32)c1O. The number of aromatic hydroxyl groups is 3. The quantitative estimate of drug-likeness (QED) is 0.300. The number of nitrogens with zero attached hydrogens (tertiary/aromatic N) is 1. The summed E-state index contributed by atoms with van der Waals surface area (Å²) in [5.74, 6) is -2.68. The standard InChI is InChI=1S/C26H24BrNO7/c1-12-23(31)21-15(10-28-12)11-35-26(21)19-8-17(13(2)29)24(32)22(25(19)33)18(9-20(30)34-3)14-5-4-6-16(27)7-14/h4-8,10,18,26,31-33H,9,11H2,1-3H3/t18-,26+/m0/s1. The molecule has 0 saturated heterocycles. The van der Waals surface area contributed by atoms with Crippen LogP contribution in [0.3, 0.4) is 0 Å². The van der Waals surface area contributed by atoms with Gasteiger partial charge in [-0.2, -0.15) is 0 Å². The molecule has 0 aliphatic carbocycles. The van der Waals surface area contributed by atoms with Gasteiger partial charge in [0.1, 0.15) is 23.4 Å². The Labute approximate surface area is 210 Å². The van der Waals surface area contributed by atoms with Crippen LogP contribution in [0.5, 0.6) is 17.2 Å². The number of hydrogen-bond donors (Lipinski definition) is 3. The number of hydrogen-bond acceptors (Lipinski definition) is 8. The summed E-state index contributed by atoms with van der Waals surface area (Å²) in [6, 6.07) is 8.44. The minimum atomic E-state index is -0.912. The van der Waals surface area contributed by atoms with Crippen LogP contribution < -0.4 is 0 Å². The molecule has 2 heterocycles. The van der Waals surface area contributed by atoms with Crippen LogP contribution in [0.15, 0.2) is 41.0 Å². The number of ketones is 1. The lowest BCUT2D eigenvalue weighted by molar-refractivity contribution is -0.140. The molecule has 0 radical (unpaired) electrons. The monoisotopic (exact) mass is 541 g/mol. The number of ether oxygens (including phenoxy) is 2. The van der Waals surface area contributed by atoms with Crippen LogP contribution in [-0.4, -0.2) is 39.2 Å². The van der Waals surface area contributed by atoms with Gasteiger partial charge in [0.15, 0.2) is 5.78 Å². The Balaban J connectivity index is 1.99. The molecule has 9 heteroatoms. The van der Waals surface area contributed by atoms with E-state index < -0.39 is 29.5 Å². The average molecular weight is 542 g/mol. The van der Waals surface area contributed by atoms with Gasteiger partial charge in [0.25, 0.3) is 0 Å². The first kappa shape index (κ1) is 24.7. The Kier molecular flexibility index (Phi) is 6.82. The summed E-state index contributed by atoms with van der Waals surface area (Å²) in [5.41, 5.74) is 2.23. The fraction of sp³-hybridized carbons (Fsp3) is 0.269. The zero-order valence-electron chi connectivity index (χ0n) is 19.3. The highest BCUT2D eigenvalue weighted by Gasteiger charge is 2.36. The van der Waals surface area contributed by atoms with Crippen molar-refractivity contribution in [2.75, 3.05) is 7.11 Å². The first-order valence-corrected chi connectivity index (χ1v) is 11.6. The number of carbonyl (C=O) groups is 2. The molecule has 0 saturated carbocycles. The summed E-state index contributed by atoms with van der Waals surface area (Å²) < 4.78 is 11.5. The molecule has 4 rings (SSSR count). The van der Waals surface area contributed by atoms with Gasteiger partial charge in [0.05, 0.1) is 31.4 Å². The summed E-state index contributed by atoms with van der Waals surface area (Å²) in [4.78, 5) is 29.0. The molecule has 0 fully saturated rings. The number of fused-ring (bicyclic) bond motifs is 1. The van der Waals surface area contributed by atoms with Gasteiger partial charge < -0.3 is 24.8 Å². The summed E-state index contributed by atoms with van der Waals surface area (Å²) in [6.07, 6.45) is 0.479. The molecule has 3 aromatic rings. The minimum absolute atomic E-state index is 0.00137. The third-order valence-corrected chi connectivity index (χ3v) is 6.72. The summed E-state index contributed by atoms with van der Waals surface area (Å²) in [6.45, 7) is 3.08. The zero-order chi connectivity index (χ0) is 25.4. The van der Waals surface area contributed by atoms with E-state index in [0.29, 0.717) is 22.4 Å². The normalized spacial score (nSPS) is 15.5. The number of aryl methyl sites for hydroxylation is 1. The van der Waals surface area contributed by atoms with E-state index in [9.17, 15) is 24.9 Å². The van der Waals surface area contributed by atoms with Crippen molar-refractivity contribution in [2.45, 2.75) is 38.9 Å². The topological polar surface area (TPSA) is 126 Å². The fourth-order valence-corrected chi connectivity index (χ4v) is 4.84. The van der Waals surface area contributed by atoms with Crippen molar-refractivity contribution in [1.82, 2.24) is 4.98 Å². The number of pyridine rings is 1. The van der Waals surface area contributed by atoms with Crippen LogP contribution >= 0.6 is 15.9 Å². The van der Waals surface area contributed by atoms with Crippen molar-refractivity contribution in [3.8, 4) is 17.2 Å². The van der Waals surface area contributed by atoms with Crippen molar-refractivity contribution in [3.05, 3.63) is 80.1 Å². The molecule has 3 N–H and O–H groups in total. The molecule has 0 spiro atoms. The number of phenols is 2. The molecular weight excluding hydrogens is 518 g/mol. The van der Waals surface area contributed by atoms with Crippen molar-refractivity contribution in [1.29, 1.82) is 0 Å². The molecule has 2 aromatic carbocycles. The van der Waals surface area contributed by atoms with E-state index in [1.54, 1.807) is 37.4 Å². The predicted molar refractivity (Wildman–Crippen MR) is 130 cm³/mol.